The predicted molar refractivity (Wildman–Crippen MR) is 39.9 cm³/mol. The molecule has 0 amide bonds. The second kappa shape index (κ2) is 17.7. The number of hydrogen-bond acceptors (Lipinski definition) is 3. The topological polar surface area (TPSA) is 112 Å². The summed E-state index contributed by atoms with van der Waals surface area (Å²) >= 11 is 0. The van der Waals surface area contributed by atoms with Crippen LogP contribution >= 0.6 is 0 Å². The third-order valence-corrected chi connectivity index (χ3v) is 0. The maximum atomic E-state index is 9.00. The van der Waals surface area contributed by atoms with Crippen molar-refractivity contribution in [1.29, 1.82) is 0 Å². The minimum absolute atomic E-state index is 0. The molecule has 0 rings (SSSR count). The van der Waals surface area contributed by atoms with Crippen LogP contribution in [0.15, 0.2) is 0 Å². The zero-order valence-electron chi connectivity index (χ0n) is 7.32. The van der Waals surface area contributed by atoms with E-state index in [1.165, 1.54) is 0 Å². The third-order valence-electron chi connectivity index (χ3n) is 0. The zero-order valence-corrected chi connectivity index (χ0v) is 8.98. The molecule has 0 bridgehead atoms. The fourth-order valence-corrected chi connectivity index (χ4v) is 0. The molecule has 0 aromatic carbocycles. The van der Waals surface area contributed by atoms with Gasteiger partial charge in [0, 0.05) is 57.6 Å². The van der Waals surface area contributed by atoms with E-state index in [4.69, 9.17) is 29.7 Å². The molecule has 87 valence electrons. The van der Waals surface area contributed by atoms with Crippen LogP contribution in [0.25, 0.3) is 0 Å². The Kier molecular flexibility index (Phi) is 31.2. The Morgan fingerprint density at radius 1 is 0.692 bits per heavy atom. The van der Waals surface area contributed by atoms with Crippen molar-refractivity contribution < 1.29 is 66.6 Å². The van der Waals surface area contributed by atoms with Crippen molar-refractivity contribution in [3.8, 4) is 0 Å². The molecule has 3 N–H and O–H groups in total. The molecule has 7 heteroatoms. The van der Waals surface area contributed by atoms with Gasteiger partial charge < -0.3 is 15.3 Å². The van der Waals surface area contributed by atoms with E-state index in [1.807, 2.05) is 0 Å². The van der Waals surface area contributed by atoms with Gasteiger partial charge in [-0.05, 0) is 0 Å². The molecule has 0 heterocycles. The minimum atomic E-state index is -0.833. The Morgan fingerprint density at radius 2 is 0.692 bits per heavy atom. The molecular formula is C6H12LuO6. The molecule has 0 unspecified atom stereocenters. The molecule has 0 aliphatic carbocycles. The summed E-state index contributed by atoms with van der Waals surface area (Å²) in [5.41, 5.74) is 0. The molecule has 0 saturated heterocycles. The Morgan fingerprint density at radius 3 is 0.692 bits per heavy atom. The zero-order chi connectivity index (χ0) is 10.7. The van der Waals surface area contributed by atoms with E-state index in [0.717, 1.165) is 20.8 Å². The largest absolute Gasteiger partial charge is 0.481 e. The average Bonchev–Trinajstić information content (AvgIpc) is 1.54. The molecule has 0 aliphatic rings. The van der Waals surface area contributed by atoms with Gasteiger partial charge in [0.2, 0.25) is 0 Å². The quantitative estimate of drug-likeness (QED) is 0.575. The predicted octanol–water partition coefficient (Wildman–Crippen LogP) is 0.273. The van der Waals surface area contributed by atoms with E-state index in [2.05, 4.69) is 0 Å². The molecular weight excluding hydrogens is 343 g/mol. The smallest absolute Gasteiger partial charge is 0.300 e. The summed E-state index contributed by atoms with van der Waals surface area (Å²) in [4.78, 5) is 27.0. The second-order valence-corrected chi connectivity index (χ2v) is 1.56. The van der Waals surface area contributed by atoms with Gasteiger partial charge in [0.15, 0.2) is 0 Å². The molecule has 0 aromatic heterocycles. The van der Waals surface area contributed by atoms with Crippen molar-refractivity contribution in [2.24, 2.45) is 0 Å². The van der Waals surface area contributed by atoms with Crippen LogP contribution in [-0.2, 0) is 14.4 Å². The van der Waals surface area contributed by atoms with Crippen LogP contribution in [0.1, 0.15) is 20.8 Å². The van der Waals surface area contributed by atoms with Gasteiger partial charge >= 0.3 is 0 Å². The van der Waals surface area contributed by atoms with Crippen LogP contribution in [0.5, 0.6) is 0 Å². The molecule has 0 aliphatic heterocycles. The molecule has 0 aromatic rings. The summed E-state index contributed by atoms with van der Waals surface area (Å²) in [6, 6.07) is 0. The van der Waals surface area contributed by atoms with Gasteiger partial charge in [0.05, 0.1) is 0 Å². The van der Waals surface area contributed by atoms with Crippen LogP contribution < -0.4 is 0 Å². The summed E-state index contributed by atoms with van der Waals surface area (Å²) < 4.78 is 0. The van der Waals surface area contributed by atoms with Crippen LogP contribution in [0.2, 0.25) is 0 Å². The molecule has 1 radical (unpaired) electrons. The van der Waals surface area contributed by atoms with E-state index in [0.29, 0.717) is 0 Å². The van der Waals surface area contributed by atoms with Gasteiger partial charge in [-0.15, -0.1) is 0 Å². The number of carbonyl (C=O) groups is 3. The van der Waals surface area contributed by atoms with E-state index in [-0.39, 0.29) is 36.9 Å². The number of rotatable bonds is 0. The van der Waals surface area contributed by atoms with E-state index in [9.17, 15) is 0 Å². The first-order valence-electron chi connectivity index (χ1n) is 2.78. The van der Waals surface area contributed by atoms with Crippen LogP contribution in [0.4, 0.5) is 0 Å². The molecule has 0 fully saturated rings. The molecule has 0 spiro atoms. The van der Waals surface area contributed by atoms with Crippen LogP contribution in [0.3, 0.4) is 0 Å². The van der Waals surface area contributed by atoms with Crippen LogP contribution in [-0.4, -0.2) is 33.2 Å². The number of carboxylic acids is 3. The molecule has 6 nitrogen and oxygen atoms in total. The van der Waals surface area contributed by atoms with Crippen LogP contribution in [0, 0.1) is 36.9 Å². The maximum Gasteiger partial charge on any atom is 0.300 e. The van der Waals surface area contributed by atoms with Gasteiger partial charge in [0.1, 0.15) is 0 Å². The number of carboxylic acid groups (broad SMARTS) is 3. The Labute approximate surface area is 105 Å². The number of hydrogen-bond donors (Lipinski definition) is 3. The van der Waals surface area contributed by atoms with Gasteiger partial charge in [0.25, 0.3) is 17.9 Å². The standard InChI is InChI=1S/3C2H4O2.Lu/c3*1-2(3)4;/h3*1H3,(H,3,4);. The Balaban J connectivity index is -0.0000000450. The fraction of sp³-hybridized carbons (Fsp3) is 0.500. The summed E-state index contributed by atoms with van der Waals surface area (Å²) in [6.45, 7) is 3.25. The third kappa shape index (κ3) is 8530. The average molecular weight is 355 g/mol. The summed E-state index contributed by atoms with van der Waals surface area (Å²) in [5, 5.41) is 22.2. The van der Waals surface area contributed by atoms with Crippen molar-refractivity contribution in [2.75, 3.05) is 0 Å². The van der Waals surface area contributed by atoms with Gasteiger partial charge in [-0.2, -0.15) is 0 Å². The van der Waals surface area contributed by atoms with Crippen molar-refractivity contribution in [1.82, 2.24) is 0 Å². The molecule has 0 atom stereocenters. The van der Waals surface area contributed by atoms with E-state index in [1.54, 1.807) is 0 Å². The molecule has 13 heavy (non-hydrogen) atoms. The van der Waals surface area contributed by atoms with E-state index < -0.39 is 17.9 Å². The fourth-order valence-electron chi connectivity index (χ4n) is 0. The van der Waals surface area contributed by atoms with Gasteiger partial charge in [-0.1, -0.05) is 0 Å². The first-order chi connectivity index (χ1) is 5.20. The number of aliphatic carboxylic acids is 3. The Hall–Kier alpha value is -0.356. The molecule has 0 saturated carbocycles. The normalized spacial score (nSPS) is 5.77. The van der Waals surface area contributed by atoms with Crippen molar-refractivity contribution >= 4 is 17.9 Å². The van der Waals surface area contributed by atoms with Crippen molar-refractivity contribution in [3.63, 3.8) is 0 Å². The van der Waals surface area contributed by atoms with Gasteiger partial charge in [-0.25, -0.2) is 0 Å². The maximum absolute atomic E-state index is 9.00. The summed E-state index contributed by atoms with van der Waals surface area (Å²) in [6.07, 6.45) is 0. The van der Waals surface area contributed by atoms with Gasteiger partial charge in [-0.3, -0.25) is 14.4 Å². The summed E-state index contributed by atoms with van der Waals surface area (Å²) in [7, 11) is 0. The second-order valence-electron chi connectivity index (χ2n) is 1.56. The SMILES string of the molecule is CC(=O)O.CC(=O)O.CC(=O)O.[Lu]. The monoisotopic (exact) mass is 355 g/mol. The first-order valence-corrected chi connectivity index (χ1v) is 2.78. The van der Waals surface area contributed by atoms with Crippen molar-refractivity contribution in [3.05, 3.63) is 0 Å². The minimum Gasteiger partial charge on any atom is -0.481 e. The van der Waals surface area contributed by atoms with E-state index >= 15 is 0 Å². The Bertz CT molecular complexity index is 115. The van der Waals surface area contributed by atoms with Crippen molar-refractivity contribution in [2.45, 2.75) is 20.8 Å². The summed E-state index contributed by atoms with van der Waals surface area (Å²) in [5.74, 6) is -2.50. The first kappa shape index (κ1) is 22.9.